The summed E-state index contributed by atoms with van der Waals surface area (Å²) < 4.78 is 12.4. The molecule has 0 atom stereocenters. The van der Waals surface area contributed by atoms with Crippen molar-refractivity contribution in [2.75, 3.05) is 26.0 Å². The molecule has 1 N–H and O–H groups in total. The van der Waals surface area contributed by atoms with Gasteiger partial charge in [-0.25, -0.2) is 0 Å². The Bertz CT molecular complexity index is 877. The number of carbonyl (C=O) groups is 1. The number of nitrogens with one attached hydrogen (secondary N) is 1. The number of benzene rings is 1. The van der Waals surface area contributed by atoms with Crippen LogP contribution in [0.2, 0.25) is 0 Å². The molecule has 0 aliphatic heterocycles. The lowest BCUT2D eigenvalue weighted by molar-refractivity contribution is -0.118. The Morgan fingerprint density at radius 3 is 2.93 bits per heavy atom. The maximum Gasteiger partial charge on any atom is 0.230 e. The van der Waals surface area contributed by atoms with Crippen LogP contribution in [-0.4, -0.2) is 46.7 Å². The van der Waals surface area contributed by atoms with Crippen molar-refractivity contribution in [1.82, 2.24) is 20.1 Å². The fourth-order valence-electron chi connectivity index (χ4n) is 2.57. The third kappa shape index (κ3) is 5.21. The summed E-state index contributed by atoms with van der Waals surface area (Å²) >= 11 is 1.35. The summed E-state index contributed by atoms with van der Waals surface area (Å²) in [6.07, 6.45) is 1.64. The molecule has 1 amide bonds. The fourth-order valence-corrected chi connectivity index (χ4v) is 3.34. The van der Waals surface area contributed by atoms with Crippen molar-refractivity contribution in [3.63, 3.8) is 0 Å². The number of hydrogen-bond acceptors (Lipinski definition) is 6. The van der Waals surface area contributed by atoms with Gasteiger partial charge in [-0.1, -0.05) is 35.5 Å². The molecule has 3 rings (SSSR count). The Labute approximate surface area is 162 Å². The molecule has 0 bridgehead atoms. The van der Waals surface area contributed by atoms with E-state index < -0.39 is 0 Å². The van der Waals surface area contributed by atoms with Gasteiger partial charge in [-0.2, -0.15) is 0 Å². The van der Waals surface area contributed by atoms with Gasteiger partial charge >= 0.3 is 0 Å². The van der Waals surface area contributed by atoms with Crippen LogP contribution in [0, 0.1) is 6.92 Å². The summed E-state index contributed by atoms with van der Waals surface area (Å²) in [5.74, 6) is 1.74. The first kappa shape index (κ1) is 19.2. The minimum Gasteiger partial charge on any atom is -0.467 e. The monoisotopic (exact) mass is 386 g/mol. The average Bonchev–Trinajstić information content (AvgIpc) is 3.31. The normalized spacial score (nSPS) is 10.9. The number of aryl methyl sites for hydroxylation is 1. The molecule has 0 saturated heterocycles. The second-order valence-corrected chi connectivity index (χ2v) is 6.92. The van der Waals surface area contributed by atoms with Crippen LogP contribution in [0.15, 0.2) is 52.2 Å². The third-order valence-electron chi connectivity index (χ3n) is 3.85. The van der Waals surface area contributed by atoms with Gasteiger partial charge in [0.25, 0.3) is 0 Å². The van der Waals surface area contributed by atoms with Gasteiger partial charge in [0.2, 0.25) is 5.91 Å². The lowest BCUT2D eigenvalue weighted by Crippen LogP contribution is -2.28. The standard InChI is InChI=1S/C19H22N4O3S/c1-14-5-3-6-15(11-14)18-21-22-19(23(18)12-16-7-4-9-26-16)27-13-17(24)20-8-10-25-2/h3-7,9,11H,8,10,12-13H2,1-2H3,(H,20,24). The zero-order valence-electron chi connectivity index (χ0n) is 15.3. The first-order valence-corrected chi connectivity index (χ1v) is 9.57. The predicted octanol–water partition coefficient (Wildman–Crippen LogP) is 2.75. The van der Waals surface area contributed by atoms with Crippen molar-refractivity contribution < 1.29 is 13.9 Å². The van der Waals surface area contributed by atoms with Crippen LogP contribution >= 0.6 is 11.8 Å². The van der Waals surface area contributed by atoms with E-state index in [1.165, 1.54) is 11.8 Å². The number of furan rings is 1. The van der Waals surface area contributed by atoms with E-state index in [-0.39, 0.29) is 11.7 Å². The summed E-state index contributed by atoms with van der Waals surface area (Å²) in [5, 5.41) is 12.1. The fraction of sp³-hybridized carbons (Fsp3) is 0.316. The second-order valence-electron chi connectivity index (χ2n) is 5.97. The SMILES string of the molecule is COCCNC(=O)CSc1nnc(-c2cccc(C)c2)n1Cc1ccco1. The maximum atomic E-state index is 12.0. The van der Waals surface area contributed by atoms with Crippen molar-refractivity contribution in [2.24, 2.45) is 0 Å². The van der Waals surface area contributed by atoms with E-state index >= 15 is 0 Å². The Morgan fingerprint density at radius 1 is 1.30 bits per heavy atom. The molecule has 0 spiro atoms. The van der Waals surface area contributed by atoms with Crippen LogP contribution in [-0.2, 0) is 16.1 Å². The Kier molecular flexibility index (Phi) is 6.67. The van der Waals surface area contributed by atoms with E-state index in [9.17, 15) is 4.79 Å². The van der Waals surface area contributed by atoms with E-state index in [1.54, 1.807) is 13.4 Å². The summed E-state index contributed by atoms with van der Waals surface area (Å²) in [6, 6.07) is 11.9. The number of hydrogen-bond donors (Lipinski definition) is 1. The summed E-state index contributed by atoms with van der Waals surface area (Å²) in [7, 11) is 1.60. The van der Waals surface area contributed by atoms with Gasteiger partial charge in [-0.3, -0.25) is 9.36 Å². The largest absolute Gasteiger partial charge is 0.467 e. The molecule has 0 radical (unpaired) electrons. The van der Waals surface area contributed by atoms with Crippen molar-refractivity contribution in [3.8, 4) is 11.4 Å². The minimum absolute atomic E-state index is 0.0679. The van der Waals surface area contributed by atoms with Crippen LogP contribution in [0.4, 0.5) is 0 Å². The number of methoxy groups -OCH3 is 1. The number of nitrogens with zero attached hydrogens (tertiary/aromatic N) is 3. The van der Waals surface area contributed by atoms with E-state index in [4.69, 9.17) is 9.15 Å². The highest BCUT2D eigenvalue weighted by Gasteiger charge is 2.17. The molecule has 7 nitrogen and oxygen atoms in total. The summed E-state index contributed by atoms with van der Waals surface area (Å²) in [5.41, 5.74) is 2.12. The van der Waals surface area contributed by atoms with Crippen molar-refractivity contribution in [1.29, 1.82) is 0 Å². The molecule has 0 saturated carbocycles. The first-order chi connectivity index (χ1) is 13.2. The van der Waals surface area contributed by atoms with Crippen molar-refractivity contribution >= 4 is 17.7 Å². The topological polar surface area (TPSA) is 82.2 Å². The quantitative estimate of drug-likeness (QED) is 0.450. The van der Waals surface area contributed by atoms with Crippen molar-refractivity contribution in [3.05, 3.63) is 54.0 Å². The molecule has 1 aromatic carbocycles. The van der Waals surface area contributed by atoms with Gasteiger partial charge in [-0.15, -0.1) is 10.2 Å². The molecule has 2 aromatic heterocycles. The third-order valence-corrected chi connectivity index (χ3v) is 4.81. The first-order valence-electron chi connectivity index (χ1n) is 8.58. The number of thioether (sulfide) groups is 1. The Balaban J connectivity index is 1.80. The number of carbonyl (C=O) groups excluding carboxylic acids is 1. The Hall–Kier alpha value is -2.58. The van der Waals surface area contributed by atoms with Gasteiger partial charge in [0.05, 0.1) is 25.2 Å². The molecule has 0 aliphatic carbocycles. The van der Waals surface area contributed by atoms with Crippen LogP contribution in [0.25, 0.3) is 11.4 Å². The molecule has 8 heteroatoms. The average molecular weight is 386 g/mol. The number of ether oxygens (including phenoxy) is 1. The Morgan fingerprint density at radius 2 is 2.19 bits per heavy atom. The summed E-state index contributed by atoms with van der Waals surface area (Å²) in [4.78, 5) is 12.0. The van der Waals surface area contributed by atoms with E-state index in [0.717, 1.165) is 22.7 Å². The van der Waals surface area contributed by atoms with Gasteiger partial charge in [0.15, 0.2) is 11.0 Å². The lowest BCUT2D eigenvalue weighted by Gasteiger charge is -2.09. The molecule has 0 aliphatic rings. The van der Waals surface area contributed by atoms with Crippen LogP contribution in [0.1, 0.15) is 11.3 Å². The number of aromatic nitrogens is 3. The highest BCUT2D eigenvalue weighted by molar-refractivity contribution is 7.99. The molecular formula is C19H22N4O3S. The predicted molar refractivity (Wildman–Crippen MR) is 104 cm³/mol. The zero-order chi connectivity index (χ0) is 19.1. The molecule has 0 unspecified atom stereocenters. The van der Waals surface area contributed by atoms with Gasteiger partial charge < -0.3 is 14.5 Å². The molecule has 27 heavy (non-hydrogen) atoms. The van der Waals surface area contributed by atoms with E-state index in [2.05, 4.69) is 21.6 Å². The lowest BCUT2D eigenvalue weighted by atomic mass is 10.1. The summed E-state index contributed by atoms with van der Waals surface area (Å²) in [6.45, 7) is 3.51. The second kappa shape index (κ2) is 9.38. The molecule has 0 fully saturated rings. The minimum atomic E-state index is -0.0679. The molecular weight excluding hydrogens is 364 g/mol. The molecule has 2 heterocycles. The van der Waals surface area contributed by atoms with E-state index in [1.807, 2.05) is 41.8 Å². The molecule has 3 aromatic rings. The van der Waals surface area contributed by atoms with E-state index in [0.29, 0.717) is 24.9 Å². The van der Waals surface area contributed by atoms with Gasteiger partial charge in [-0.05, 0) is 25.1 Å². The van der Waals surface area contributed by atoms with Crippen LogP contribution in [0.5, 0.6) is 0 Å². The molecule has 142 valence electrons. The maximum absolute atomic E-state index is 12.0. The zero-order valence-corrected chi connectivity index (χ0v) is 16.2. The smallest absolute Gasteiger partial charge is 0.230 e. The van der Waals surface area contributed by atoms with Crippen molar-refractivity contribution in [2.45, 2.75) is 18.6 Å². The van der Waals surface area contributed by atoms with Crippen LogP contribution in [0.3, 0.4) is 0 Å². The number of rotatable bonds is 9. The number of amides is 1. The van der Waals surface area contributed by atoms with Crippen LogP contribution < -0.4 is 5.32 Å². The highest BCUT2D eigenvalue weighted by Crippen LogP contribution is 2.25. The van der Waals surface area contributed by atoms with Gasteiger partial charge in [0, 0.05) is 19.2 Å². The van der Waals surface area contributed by atoms with Gasteiger partial charge in [0.1, 0.15) is 5.76 Å². The highest BCUT2D eigenvalue weighted by atomic mass is 32.2.